The van der Waals surface area contributed by atoms with E-state index >= 15 is 0 Å². The summed E-state index contributed by atoms with van der Waals surface area (Å²) < 4.78 is 0. The third-order valence-electron chi connectivity index (χ3n) is 3.39. The summed E-state index contributed by atoms with van der Waals surface area (Å²) in [6.45, 7) is 6.22. The molecule has 1 heterocycles. The van der Waals surface area contributed by atoms with Crippen LogP contribution in [0, 0.1) is 37.2 Å². The van der Waals surface area contributed by atoms with E-state index in [2.05, 4.69) is 37.5 Å². The molecule has 1 saturated heterocycles. The van der Waals surface area contributed by atoms with Gasteiger partial charge >= 0.3 is 31.1 Å². The van der Waals surface area contributed by atoms with E-state index in [9.17, 15) is 14.4 Å². The van der Waals surface area contributed by atoms with Crippen molar-refractivity contribution in [3.8, 4) is 0 Å². The van der Waals surface area contributed by atoms with Gasteiger partial charge in [0.15, 0.2) is 0 Å². The van der Waals surface area contributed by atoms with E-state index in [0.29, 0.717) is 5.56 Å². The van der Waals surface area contributed by atoms with Crippen LogP contribution in [0.1, 0.15) is 49.5 Å². The SMILES string of the molecule is CC(C)(C)c1c[c-]c(C(=O)[N-]C2CCC(=O)NC2=O)cc1.[U+2]. The fraction of sp³-hybridized carbons (Fsp3) is 0.438. The molecule has 1 aliphatic rings. The van der Waals surface area contributed by atoms with Crippen LogP contribution in [0.3, 0.4) is 0 Å². The minimum atomic E-state index is -0.786. The molecule has 1 aliphatic heterocycles. The number of rotatable bonds is 2. The van der Waals surface area contributed by atoms with Gasteiger partial charge in [0.2, 0.25) is 11.8 Å². The monoisotopic (exact) mass is 524 g/mol. The third-order valence-corrected chi connectivity index (χ3v) is 3.39. The van der Waals surface area contributed by atoms with Gasteiger partial charge in [-0.15, -0.1) is 35.4 Å². The summed E-state index contributed by atoms with van der Waals surface area (Å²) in [5.41, 5.74) is 1.38. The maximum atomic E-state index is 12.0. The standard InChI is InChI=1S/C16H19N2O3.U/c1-16(2,3)11-6-4-10(5-7-11)14(20)17-12-8-9-13(19)18-15(12)21;/h4,6-7,12H,8-9H2,1-3H3,(H2,17,18,19,20,21);/q-1;+2/p-1. The molecule has 1 atom stereocenters. The van der Waals surface area contributed by atoms with Crippen LogP contribution in [-0.2, 0) is 15.0 Å². The first-order chi connectivity index (χ1) is 9.77. The van der Waals surface area contributed by atoms with Gasteiger partial charge in [0.25, 0.3) is 0 Å². The van der Waals surface area contributed by atoms with Gasteiger partial charge in [-0.2, -0.15) is 0 Å². The number of carbonyl (C=O) groups is 3. The summed E-state index contributed by atoms with van der Waals surface area (Å²) >= 11 is 0. The van der Waals surface area contributed by atoms with E-state index in [0.717, 1.165) is 5.56 Å². The Hall–Kier alpha value is -1.12. The number of amides is 3. The van der Waals surface area contributed by atoms with Gasteiger partial charge < -0.3 is 10.1 Å². The molecule has 0 aliphatic carbocycles. The van der Waals surface area contributed by atoms with Crippen LogP contribution in [-0.4, -0.2) is 23.8 Å². The van der Waals surface area contributed by atoms with E-state index in [1.165, 1.54) is 0 Å². The first-order valence-electron chi connectivity index (χ1n) is 6.88. The molecule has 1 aromatic carbocycles. The molecular weight excluding hydrogens is 506 g/mol. The molecule has 2 rings (SSSR count). The predicted octanol–water partition coefficient (Wildman–Crippen LogP) is 2.10. The zero-order valence-electron chi connectivity index (χ0n) is 12.9. The summed E-state index contributed by atoms with van der Waals surface area (Å²) in [5, 5.41) is 6.06. The van der Waals surface area contributed by atoms with Crippen LogP contribution >= 0.6 is 0 Å². The Bertz CT molecular complexity index is 576. The van der Waals surface area contributed by atoms with Crippen molar-refractivity contribution in [2.24, 2.45) is 0 Å². The van der Waals surface area contributed by atoms with Gasteiger partial charge in [0.1, 0.15) is 0 Å². The van der Waals surface area contributed by atoms with E-state index in [-0.39, 0.29) is 55.3 Å². The molecule has 1 N–H and O–H groups in total. The number of benzene rings is 1. The van der Waals surface area contributed by atoms with Crippen LogP contribution in [0.5, 0.6) is 0 Å². The summed E-state index contributed by atoms with van der Waals surface area (Å²) in [7, 11) is 0. The molecule has 5 nitrogen and oxygen atoms in total. The molecule has 6 heteroatoms. The number of piperidine rings is 1. The predicted molar refractivity (Wildman–Crippen MR) is 77.8 cm³/mol. The molecule has 1 unspecified atom stereocenters. The van der Waals surface area contributed by atoms with Gasteiger partial charge in [0, 0.05) is 6.42 Å². The van der Waals surface area contributed by atoms with Gasteiger partial charge in [-0.3, -0.25) is 14.9 Å². The third kappa shape index (κ3) is 4.69. The minimum Gasteiger partial charge on any atom is -0.684 e. The molecular formula is C16H18N2O3U. The van der Waals surface area contributed by atoms with Crippen molar-refractivity contribution < 1.29 is 45.5 Å². The first kappa shape index (κ1) is 18.9. The maximum absolute atomic E-state index is 12.0. The Kier molecular flexibility index (Phi) is 6.40. The molecule has 114 valence electrons. The number of hydrogen-bond donors (Lipinski definition) is 1. The van der Waals surface area contributed by atoms with Crippen LogP contribution < -0.4 is 5.32 Å². The van der Waals surface area contributed by atoms with E-state index < -0.39 is 17.9 Å². The average molecular weight is 524 g/mol. The Labute approximate surface area is 154 Å². The maximum Gasteiger partial charge on any atom is 2.00 e. The topological polar surface area (TPSA) is 77.3 Å². The smallest absolute Gasteiger partial charge is 0.684 e. The molecule has 0 spiro atoms. The number of hydrogen-bond acceptors (Lipinski definition) is 3. The van der Waals surface area contributed by atoms with Crippen molar-refractivity contribution in [2.45, 2.75) is 45.1 Å². The molecule has 0 radical (unpaired) electrons. The van der Waals surface area contributed by atoms with E-state index in [1.54, 1.807) is 12.1 Å². The normalized spacial score (nSPS) is 18.2. The Morgan fingerprint density at radius 3 is 2.50 bits per heavy atom. The number of imide groups is 1. The van der Waals surface area contributed by atoms with Gasteiger partial charge in [-0.25, -0.2) is 0 Å². The molecule has 1 fully saturated rings. The number of carbonyl (C=O) groups excluding carboxylic acids is 3. The van der Waals surface area contributed by atoms with Crippen molar-refractivity contribution in [2.75, 3.05) is 0 Å². The second-order valence-corrected chi connectivity index (χ2v) is 6.14. The average Bonchev–Trinajstić information content (AvgIpc) is 2.41. The Morgan fingerprint density at radius 1 is 1.32 bits per heavy atom. The van der Waals surface area contributed by atoms with Gasteiger partial charge in [-0.05, 0) is 23.8 Å². The van der Waals surface area contributed by atoms with Crippen molar-refractivity contribution in [3.05, 3.63) is 40.7 Å². The number of nitrogens with one attached hydrogen (secondary N) is 1. The van der Waals surface area contributed by atoms with Gasteiger partial charge in [-0.1, -0.05) is 20.8 Å². The summed E-state index contributed by atoms with van der Waals surface area (Å²) in [6, 6.07) is 7.43. The Morgan fingerprint density at radius 2 is 2.00 bits per heavy atom. The van der Waals surface area contributed by atoms with E-state index in [1.807, 2.05) is 6.07 Å². The largest absolute Gasteiger partial charge is 2.00 e. The quantitative estimate of drug-likeness (QED) is 0.476. The minimum absolute atomic E-state index is 0. The Balaban J connectivity index is 0.00000242. The van der Waals surface area contributed by atoms with Crippen molar-refractivity contribution in [1.82, 2.24) is 5.32 Å². The zero-order valence-corrected chi connectivity index (χ0v) is 17.1. The van der Waals surface area contributed by atoms with Crippen LogP contribution in [0.4, 0.5) is 0 Å². The van der Waals surface area contributed by atoms with Crippen molar-refractivity contribution in [3.63, 3.8) is 0 Å². The molecule has 3 amide bonds. The van der Waals surface area contributed by atoms with Gasteiger partial charge in [0.05, 0.1) is 0 Å². The fourth-order valence-electron chi connectivity index (χ4n) is 2.04. The zero-order chi connectivity index (χ0) is 15.6. The molecule has 0 bridgehead atoms. The fourth-order valence-corrected chi connectivity index (χ4v) is 2.04. The number of nitrogens with zero attached hydrogens (tertiary/aromatic N) is 1. The van der Waals surface area contributed by atoms with Crippen LogP contribution in [0.15, 0.2) is 18.2 Å². The molecule has 22 heavy (non-hydrogen) atoms. The molecule has 0 saturated carbocycles. The summed E-state index contributed by atoms with van der Waals surface area (Å²) in [5.74, 6) is -1.31. The molecule has 0 aromatic heterocycles. The summed E-state index contributed by atoms with van der Waals surface area (Å²) in [6.07, 6.45) is 0.482. The second-order valence-electron chi connectivity index (χ2n) is 6.14. The first-order valence-corrected chi connectivity index (χ1v) is 6.88. The van der Waals surface area contributed by atoms with E-state index in [4.69, 9.17) is 0 Å². The van der Waals surface area contributed by atoms with Crippen molar-refractivity contribution >= 4 is 17.7 Å². The van der Waals surface area contributed by atoms with Crippen LogP contribution in [0.25, 0.3) is 5.32 Å². The van der Waals surface area contributed by atoms with Crippen molar-refractivity contribution in [1.29, 1.82) is 0 Å². The molecule has 1 aromatic rings. The van der Waals surface area contributed by atoms with Crippen LogP contribution in [0.2, 0.25) is 0 Å². The summed E-state index contributed by atoms with van der Waals surface area (Å²) in [4.78, 5) is 34.6. The second kappa shape index (κ2) is 7.43.